The minimum atomic E-state index is -1.73. The molecule has 0 bridgehead atoms. The minimum absolute atomic E-state index is 0.0853. The molecule has 0 heterocycles. The minimum Gasteiger partial charge on any atom is -0.508 e. The van der Waals surface area contributed by atoms with Crippen LogP contribution in [-0.4, -0.2) is 16.7 Å². The Morgan fingerprint density at radius 3 is 1.82 bits per heavy atom. The summed E-state index contributed by atoms with van der Waals surface area (Å²) in [6, 6.07) is 19.6. The first-order valence-electron chi connectivity index (χ1n) is 17.6. The van der Waals surface area contributed by atoms with Gasteiger partial charge in [-0.1, -0.05) is 77.6 Å². The quantitative estimate of drug-likeness (QED) is 0.0423. The largest absolute Gasteiger partial charge is 0.508 e. The summed E-state index contributed by atoms with van der Waals surface area (Å²) in [5, 5.41) is 9.62. The van der Waals surface area contributed by atoms with Crippen LogP contribution in [0.5, 0.6) is 23.0 Å². The van der Waals surface area contributed by atoms with Gasteiger partial charge < -0.3 is 14.6 Å². The fraction of sp³-hybridized carbons (Fsp3) is 0.174. The highest BCUT2D eigenvalue weighted by Crippen LogP contribution is 2.36. The highest BCUT2D eigenvalue weighted by atomic mass is 19.2. The highest BCUT2D eigenvalue weighted by molar-refractivity contribution is 6.09. The van der Waals surface area contributed by atoms with Crippen molar-refractivity contribution in [1.29, 1.82) is 0 Å². The van der Waals surface area contributed by atoms with E-state index in [1.165, 1.54) is 60.7 Å². The standard InChI is InChI=1S/C46H38F6O5/c1-7-9-30(56-31-20-12-26(13-21-31)44(55)39-34(47)24-33(45(2,3)4)40(49)43(39)52)10-8-11-36(54)38-35(48)25-37(41(50)42(38)51)57-32-22-16-28(17-23-32)46(5,6)27-14-18-29(53)19-15-27/h7-10,12-25,53H,1,11H2,2-6H3/b10-8-,30-9+. The van der Waals surface area contributed by atoms with Gasteiger partial charge >= 0.3 is 0 Å². The van der Waals surface area contributed by atoms with Crippen LogP contribution >= 0.6 is 0 Å². The topological polar surface area (TPSA) is 72.8 Å². The molecule has 0 saturated heterocycles. The first kappa shape index (κ1) is 41.8. The number of rotatable bonds is 13. The molecule has 0 atom stereocenters. The third kappa shape index (κ3) is 9.20. The number of carbonyl (C=O) groups excluding carboxylic acids is 2. The molecule has 0 amide bonds. The van der Waals surface area contributed by atoms with Crippen molar-refractivity contribution in [2.45, 2.75) is 51.9 Å². The summed E-state index contributed by atoms with van der Waals surface area (Å²) in [5.74, 6) is -11.2. The van der Waals surface area contributed by atoms with Crippen LogP contribution in [0.15, 0.2) is 122 Å². The first-order chi connectivity index (χ1) is 26.8. The zero-order valence-corrected chi connectivity index (χ0v) is 31.7. The summed E-state index contributed by atoms with van der Waals surface area (Å²) < 4.78 is 101. The molecule has 5 nitrogen and oxygen atoms in total. The van der Waals surface area contributed by atoms with E-state index < -0.39 is 80.6 Å². The van der Waals surface area contributed by atoms with E-state index in [0.717, 1.165) is 17.2 Å². The summed E-state index contributed by atoms with van der Waals surface area (Å²) in [4.78, 5) is 25.9. The molecule has 0 spiro atoms. The van der Waals surface area contributed by atoms with Gasteiger partial charge in [-0.2, -0.15) is 4.39 Å². The lowest BCUT2D eigenvalue weighted by Gasteiger charge is -2.26. The molecular formula is C46H38F6O5. The van der Waals surface area contributed by atoms with E-state index in [9.17, 15) is 27.9 Å². The second-order valence-electron chi connectivity index (χ2n) is 14.6. The number of aromatic hydroxyl groups is 1. The van der Waals surface area contributed by atoms with E-state index in [0.29, 0.717) is 6.07 Å². The van der Waals surface area contributed by atoms with Gasteiger partial charge in [0.25, 0.3) is 0 Å². The fourth-order valence-electron chi connectivity index (χ4n) is 5.94. The van der Waals surface area contributed by atoms with Gasteiger partial charge in [-0.05, 0) is 88.9 Å². The van der Waals surface area contributed by atoms with E-state index >= 15 is 13.2 Å². The summed E-state index contributed by atoms with van der Waals surface area (Å²) in [6.45, 7) is 12.2. The Labute approximate surface area is 326 Å². The first-order valence-corrected chi connectivity index (χ1v) is 17.6. The molecule has 0 aliphatic heterocycles. The van der Waals surface area contributed by atoms with Gasteiger partial charge in [-0.15, -0.1) is 0 Å². The number of Topliss-reactive ketones (excluding diaryl/α,β-unsaturated/α-hetero) is 1. The van der Waals surface area contributed by atoms with Gasteiger partial charge in [0.2, 0.25) is 5.82 Å². The zero-order valence-electron chi connectivity index (χ0n) is 31.7. The van der Waals surface area contributed by atoms with Crippen LogP contribution in [0.4, 0.5) is 26.3 Å². The highest BCUT2D eigenvalue weighted by Gasteiger charge is 2.30. The predicted molar refractivity (Wildman–Crippen MR) is 205 cm³/mol. The van der Waals surface area contributed by atoms with E-state index in [-0.39, 0.29) is 34.1 Å². The monoisotopic (exact) mass is 784 g/mol. The number of benzene rings is 5. The maximum atomic E-state index is 15.1. The average molecular weight is 785 g/mol. The van der Waals surface area contributed by atoms with Crippen molar-refractivity contribution in [2.75, 3.05) is 0 Å². The number of hydrogen-bond donors (Lipinski definition) is 1. The van der Waals surface area contributed by atoms with Crippen molar-refractivity contribution in [3.63, 3.8) is 0 Å². The number of ether oxygens (including phenoxy) is 2. The molecule has 5 aromatic carbocycles. The molecular weight excluding hydrogens is 746 g/mol. The van der Waals surface area contributed by atoms with Gasteiger partial charge in [-0.25, -0.2) is 22.0 Å². The van der Waals surface area contributed by atoms with E-state index in [4.69, 9.17) is 9.47 Å². The Morgan fingerprint density at radius 1 is 0.702 bits per heavy atom. The number of phenolic OH excluding ortho intramolecular Hbond substituents is 1. The summed E-state index contributed by atoms with van der Waals surface area (Å²) in [7, 11) is 0. The number of carbonyl (C=O) groups is 2. The van der Waals surface area contributed by atoms with Gasteiger partial charge in [0.15, 0.2) is 34.8 Å². The molecule has 5 rings (SSSR count). The molecule has 0 aromatic heterocycles. The van der Waals surface area contributed by atoms with Gasteiger partial charge in [0.05, 0.1) is 11.1 Å². The normalized spacial score (nSPS) is 12.2. The number of ketones is 2. The Bertz CT molecular complexity index is 2390. The third-order valence-corrected chi connectivity index (χ3v) is 9.21. The molecule has 5 aromatic rings. The van der Waals surface area contributed by atoms with Crippen LogP contribution in [0.1, 0.15) is 84.0 Å². The molecule has 57 heavy (non-hydrogen) atoms. The Morgan fingerprint density at radius 2 is 1.25 bits per heavy atom. The van der Waals surface area contributed by atoms with E-state index in [1.54, 1.807) is 57.2 Å². The number of halogens is 6. The molecule has 0 fully saturated rings. The van der Waals surface area contributed by atoms with Gasteiger partial charge in [-0.3, -0.25) is 9.59 Å². The van der Waals surface area contributed by atoms with Crippen LogP contribution in [0, 0.1) is 34.9 Å². The Kier molecular flexibility index (Phi) is 12.3. The second-order valence-corrected chi connectivity index (χ2v) is 14.6. The average Bonchev–Trinajstić information content (AvgIpc) is 3.15. The number of allylic oxidation sites excluding steroid dienone is 4. The lowest BCUT2D eigenvalue weighted by molar-refractivity contribution is 0.0984. The molecule has 0 saturated carbocycles. The molecule has 0 unspecified atom stereocenters. The van der Waals surface area contributed by atoms with Crippen LogP contribution in [0.25, 0.3) is 0 Å². The van der Waals surface area contributed by atoms with Crippen molar-refractivity contribution in [3.05, 3.63) is 190 Å². The molecule has 0 aliphatic rings. The van der Waals surface area contributed by atoms with Crippen molar-refractivity contribution in [3.8, 4) is 23.0 Å². The van der Waals surface area contributed by atoms with Crippen molar-refractivity contribution in [1.82, 2.24) is 0 Å². The molecule has 11 heteroatoms. The summed E-state index contributed by atoms with van der Waals surface area (Å²) in [6.07, 6.45) is 4.67. The van der Waals surface area contributed by atoms with Crippen LogP contribution in [0.2, 0.25) is 0 Å². The maximum Gasteiger partial charge on any atom is 0.202 e. The molecule has 294 valence electrons. The Balaban J connectivity index is 1.24. The molecule has 0 aliphatic carbocycles. The smallest absolute Gasteiger partial charge is 0.202 e. The SMILES string of the molecule is C=C/C=C(\C=C/CC(=O)c1c(F)cc(Oc2ccc(C(C)(C)c3ccc(O)cc3)cc2)c(F)c1F)Oc1ccc(C(=O)c2c(F)cc(C(C)(C)C)c(F)c2F)cc1. The lowest BCUT2D eigenvalue weighted by Crippen LogP contribution is -2.18. The lowest BCUT2D eigenvalue weighted by atomic mass is 9.78. The van der Waals surface area contributed by atoms with Gasteiger partial charge in [0, 0.05) is 23.5 Å². The number of phenols is 1. The summed E-state index contributed by atoms with van der Waals surface area (Å²) in [5.41, 5.74) is -2.15. The van der Waals surface area contributed by atoms with Crippen molar-refractivity contribution >= 4 is 11.6 Å². The Hall–Kier alpha value is -6.36. The summed E-state index contributed by atoms with van der Waals surface area (Å²) >= 11 is 0. The van der Waals surface area contributed by atoms with E-state index in [1.807, 2.05) is 13.8 Å². The van der Waals surface area contributed by atoms with Crippen LogP contribution in [0.3, 0.4) is 0 Å². The second kappa shape index (κ2) is 16.8. The van der Waals surface area contributed by atoms with Crippen LogP contribution < -0.4 is 9.47 Å². The zero-order chi connectivity index (χ0) is 41.8. The molecule has 0 radical (unpaired) electrons. The molecule has 1 N–H and O–H groups in total. The predicted octanol–water partition coefficient (Wildman–Crippen LogP) is 12.2. The maximum absolute atomic E-state index is 15.1. The number of hydrogen-bond acceptors (Lipinski definition) is 5. The van der Waals surface area contributed by atoms with Crippen molar-refractivity contribution < 1.29 is 50.5 Å². The van der Waals surface area contributed by atoms with Crippen molar-refractivity contribution in [2.24, 2.45) is 0 Å². The van der Waals surface area contributed by atoms with Crippen LogP contribution in [-0.2, 0) is 10.8 Å². The van der Waals surface area contributed by atoms with E-state index in [2.05, 4.69) is 6.58 Å². The fourth-order valence-corrected chi connectivity index (χ4v) is 5.94. The third-order valence-electron chi connectivity index (χ3n) is 9.21. The van der Waals surface area contributed by atoms with Gasteiger partial charge in [0.1, 0.15) is 34.6 Å².